The van der Waals surface area contributed by atoms with E-state index in [4.69, 9.17) is 32.7 Å². The Balaban J connectivity index is 1.68. The Hall–Kier alpha value is -2.55. The lowest BCUT2D eigenvalue weighted by Crippen LogP contribution is -2.23. The molecule has 150 valence electrons. The zero-order valence-corrected chi connectivity index (χ0v) is 17.3. The van der Waals surface area contributed by atoms with Crippen molar-refractivity contribution < 1.29 is 18.7 Å². The van der Waals surface area contributed by atoms with Crippen molar-refractivity contribution in [2.45, 2.75) is 20.5 Å². The van der Waals surface area contributed by atoms with Crippen LogP contribution >= 0.6 is 23.2 Å². The molecule has 0 N–H and O–H groups in total. The van der Waals surface area contributed by atoms with E-state index in [-0.39, 0.29) is 16.9 Å². The molecule has 4 nitrogen and oxygen atoms in total. The number of carbonyl (C=O) groups excluding carboxylic acids is 1. The number of allylic oxidation sites excluding steroid dienone is 1. The number of carbonyl (C=O) groups is 1. The predicted octanol–water partition coefficient (Wildman–Crippen LogP) is 6.15. The summed E-state index contributed by atoms with van der Waals surface area (Å²) in [7, 11) is 0. The molecule has 0 radical (unpaired) electrons. The molecule has 2 aromatic carbocycles. The quantitative estimate of drug-likeness (QED) is 0.512. The number of halogens is 3. The molecule has 0 aliphatic heterocycles. The van der Waals surface area contributed by atoms with Crippen LogP contribution < -0.4 is 4.74 Å². The third kappa shape index (κ3) is 4.10. The van der Waals surface area contributed by atoms with Crippen LogP contribution in [0.3, 0.4) is 0 Å². The Morgan fingerprint density at radius 3 is 2.52 bits per heavy atom. The van der Waals surface area contributed by atoms with E-state index < -0.39 is 22.7 Å². The van der Waals surface area contributed by atoms with Crippen molar-refractivity contribution in [1.82, 2.24) is 0 Å². The van der Waals surface area contributed by atoms with E-state index in [0.717, 1.165) is 0 Å². The Kier molecular flexibility index (Phi) is 5.88. The van der Waals surface area contributed by atoms with Crippen molar-refractivity contribution in [2.75, 3.05) is 0 Å². The molecule has 3 rings (SSSR count). The zero-order valence-electron chi connectivity index (χ0n) is 15.8. The summed E-state index contributed by atoms with van der Waals surface area (Å²) in [5, 5.41) is 9.66. The molecule has 0 saturated heterocycles. The van der Waals surface area contributed by atoms with Crippen molar-refractivity contribution in [3.63, 3.8) is 0 Å². The molecule has 0 aromatic heterocycles. The van der Waals surface area contributed by atoms with Crippen LogP contribution in [0.15, 0.2) is 59.1 Å². The average molecular weight is 434 g/mol. The summed E-state index contributed by atoms with van der Waals surface area (Å²) >= 11 is 11.4. The monoisotopic (exact) mass is 433 g/mol. The minimum atomic E-state index is -1.33. The van der Waals surface area contributed by atoms with E-state index in [1.54, 1.807) is 38.1 Å². The molecule has 0 spiro atoms. The summed E-state index contributed by atoms with van der Waals surface area (Å²) in [5.74, 6) is -0.398. The van der Waals surface area contributed by atoms with E-state index >= 15 is 0 Å². The minimum absolute atomic E-state index is 0.0126. The first kappa shape index (κ1) is 21.2. The van der Waals surface area contributed by atoms with Gasteiger partial charge in [-0.3, -0.25) is 4.79 Å². The molecule has 1 aliphatic carbocycles. The van der Waals surface area contributed by atoms with Crippen LogP contribution in [-0.4, -0.2) is 5.97 Å². The summed E-state index contributed by atoms with van der Waals surface area (Å²) in [6.07, 6.45) is 1.50. The number of hydrogen-bond donors (Lipinski definition) is 0. The van der Waals surface area contributed by atoms with Gasteiger partial charge in [-0.1, -0.05) is 49.2 Å². The van der Waals surface area contributed by atoms with E-state index in [2.05, 4.69) is 6.07 Å². The van der Waals surface area contributed by atoms with Gasteiger partial charge in [-0.15, -0.1) is 0 Å². The van der Waals surface area contributed by atoms with Gasteiger partial charge in [0.05, 0.1) is 6.07 Å². The topological polar surface area (TPSA) is 59.3 Å². The summed E-state index contributed by atoms with van der Waals surface area (Å²) in [6, 6.07) is 14.7. The van der Waals surface area contributed by atoms with Crippen molar-refractivity contribution >= 4 is 29.2 Å². The molecule has 2 aromatic rings. The lowest BCUT2D eigenvalue weighted by molar-refractivity contribution is -0.150. The first-order chi connectivity index (χ1) is 13.7. The van der Waals surface area contributed by atoms with Gasteiger partial charge >= 0.3 is 5.97 Å². The Morgan fingerprint density at radius 1 is 1.21 bits per heavy atom. The van der Waals surface area contributed by atoms with Gasteiger partial charge in [-0.2, -0.15) is 5.26 Å². The van der Waals surface area contributed by atoms with Gasteiger partial charge in [0.15, 0.2) is 5.41 Å². The second-order valence-electron chi connectivity index (χ2n) is 7.36. The second-order valence-corrected chi connectivity index (χ2v) is 8.36. The van der Waals surface area contributed by atoms with Crippen LogP contribution in [0.25, 0.3) is 0 Å². The maximum Gasteiger partial charge on any atom is 0.328 e. The largest absolute Gasteiger partial charge is 0.460 e. The van der Waals surface area contributed by atoms with Gasteiger partial charge in [-0.25, -0.2) is 4.39 Å². The highest BCUT2D eigenvalue weighted by Gasteiger charge is 2.77. The minimum Gasteiger partial charge on any atom is -0.460 e. The third-order valence-corrected chi connectivity index (χ3v) is 5.54. The van der Waals surface area contributed by atoms with Gasteiger partial charge in [0, 0.05) is 11.3 Å². The third-order valence-electron chi connectivity index (χ3n) is 5.29. The maximum absolute atomic E-state index is 13.0. The molecule has 0 amide bonds. The predicted molar refractivity (Wildman–Crippen MR) is 108 cm³/mol. The van der Waals surface area contributed by atoms with Crippen molar-refractivity contribution in [3.8, 4) is 17.6 Å². The number of nitrogens with zero attached hydrogens (tertiary/aromatic N) is 1. The van der Waals surface area contributed by atoms with Gasteiger partial charge in [0.1, 0.15) is 28.4 Å². The fourth-order valence-electron chi connectivity index (χ4n) is 3.51. The smallest absolute Gasteiger partial charge is 0.328 e. The molecule has 1 aliphatic rings. The molecule has 1 fully saturated rings. The van der Waals surface area contributed by atoms with Crippen LogP contribution in [0.1, 0.15) is 19.4 Å². The lowest BCUT2D eigenvalue weighted by atomic mass is 9.98. The first-order valence-corrected chi connectivity index (χ1v) is 9.60. The maximum atomic E-state index is 13.0. The fourth-order valence-corrected chi connectivity index (χ4v) is 3.76. The number of ether oxygens (including phenoxy) is 2. The van der Waals surface area contributed by atoms with Crippen LogP contribution in [0.2, 0.25) is 0 Å². The van der Waals surface area contributed by atoms with Crippen molar-refractivity contribution in [3.05, 3.63) is 70.5 Å². The molecule has 2 atom stereocenters. The normalized spacial score (nSPS) is 21.6. The number of rotatable bonds is 6. The van der Waals surface area contributed by atoms with Crippen molar-refractivity contribution in [1.29, 1.82) is 5.26 Å². The highest BCUT2D eigenvalue weighted by Crippen LogP contribution is 2.70. The van der Waals surface area contributed by atoms with Crippen LogP contribution in [0.4, 0.5) is 4.39 Å². The van der Waals surface area contributed by atoms with E-state index in [9.17, 15) is 14.4 Å². The Labute approximate surface area is 178 Å². The summed E-state index contributed by atoms with van der Waals surface area (Å²) in [4.78, 5) is 12.7. The molecule has 29 heavy (non-hydrogen) atoms. The van der Waals surface area contributed by atoms with E-state index in [1.807, 2.05) is 0 Å². The molecule has 0 heterocycles. The lowest BCUT2D eigenvalue weighted by Gasteiger charge is -2.12. The van der Waals surface area contributed by atoms with E-state index in [0.29, 0.717) is 17.1 Å². The second kappa shape index (κ2) is 8.06. The summed E-state index contributed by atoms with van der Waals surface area (Å²) in [6.45, 7) is 3.57. The van der Waals surface area contributed by atoms with Crippen LogP contribution in [-0.2, 0) is 16.1 Å². The van der Waals surface area contributed by atoms with Gasteiger partial charge in [-0.05, 0) is 48.0 Å². The molecule has 2 unspecified atom stereocenters. The molecular formula is C22H18Cl2FNO3. The summed E-state index contributed by atoms with van der Waals surface area (Å²) in [5.41, 5.74) is -1.28. The molecule has 1 saturated carbocycles. The highest BCUT2D eigenvalue weighted by atomic mass is 35.5. The van der Waals surface area contributed by atoms with Crippen molar-refractivity contribution in [2.24, 2.45) is 16.7 Å². The number of hydrogen-bond acceptors (Lipinski definition) is 4. The number of benzene rings is 2. The number of esters is 1. The first-order valence-electron chi connectivity index (χ1n) is 8.84. The average Bonchev–Trinajstić information content (AvgIpc) is 3.16. The van der Waals surface area contributed by atoms with Gasteiger partial charge in [0.25, 0.3) is 0 Å². The van der Waals surface area contributed by atoms with Crippen LogP contribution in [0, 0.1) is 33.9 Å². The SMILES string of the molecule is CC1(C)C(C=C(Cl)Cl)C1(C#N)C(=O)OCc1cccc(Oc2ccc(F)cc2)c1. The highest BCUT2D eigenvalue weighted by molar-refractivity contribution is 6.55. The zero-order chi connectivity index (χ0) is 21.2. The number of nitriles is 1. The van der Waals surface area contributed by atoms with Crippen LogP contribution in [0.5, 0.6) is 11.5 Å². The standard InChI is InChI=1S/C22H18Cl2FNO3/c1-21(2)18(11-19(23)24)22(21,13-26)20(27)28-12-14-4-3-5-17(10-14)29-16-8-6-15(25)7-9-16/h3-11,18H,12H2,1-2H3. The van der Waals surface area contributed by atoms with E-state index in [1.165, 1.54) is 30.3 Å². The Morgan fingerprint density at radius 2 is 1.90 bits per heavy atom. The van der Waals surface area contributed by atoms with Gasteiger partial charge < -0.3 is 9.47 Å². The molecule has 0 bridgehead atoms. The molecular weight excluding hydrogens is 416 g/mol. The summed E-state index contributed by atoms with van der Waals surface area (Å²) < 4.78 is 24.1. The van der Waals surface area contributed by atoms with Gasteiger partial charge in [0.2, 0.25) is 0 Å². The Bertz CT molecular complexity index is 994. The molecule has 7 heteroatoms. The fraction of sp³-hybridized carbons (Fsp3) is 0.273.